The van der Waals surface area contributed by atoms with Crippen LogP contribution >= 0.6 is 0 Å². The van der Waals surface area contributed by atoms with Crippen molar-refractivity contribution in [2.24, 2.45) is 0 Å². The molecule has 1 heterocycles. The first kappa shape index (κ1) is 12.4. The average Bonchev–Trinajstić information content (AvgIpc) is 2.28. The molecule has 0 unspecified atom stereocenters. The Morgan fingerprint density at radius 1 is 1.44 bits per heavy atom. The maximum absolute atomic E-state index is 12.1. The van der Waals surface area contributed by atoms with Crippen molar-refractivity contribution in [1.82, 2.24) is 0 Å². The number of carbonyl (C=O) groups is 1. The first-order valence-corrected chi connectivity index (χ1v) is 5.86. The van der Waals surface area contributed by atoms with E-state index in [9.17, 15) is 9.90 Å². The van der Waals surface area contributed by atoms with Gasteiger partial charge in [-0.25, -0.2) is 0 Å². The molecule has 1 aromatic carbocycles. The number of nitrogens with zero attached hydrogens (tertiary/aromatic N) is 1. The molecule has 1 aromatic rings. The van der Waals surface area contributed by atoms with Crippen LogP contribution in [0.2, 0.25) is 0 Å². The highest BCUT2D eigenvalue weighted by atomic mass is 16.3. The number of amides is 1. The van der Waals surface area contributed by atoms with Crippen molar-refractivity contribution in [2.45, 2.75) is 26.3 Å². The molecule has 1 N–H and O–H groups in total. The van der Waals surface area contributed by atoms with Crippen LogP contribution in [0.25, 0.3) is 5.57 Å². The van der Waals surface area contributed by atoms with Crippen LogP contribution in [0.5, 0.6) is 5.75 Å². The highest BCUT2D eigenvalue weighted by Gasteiger charge is 2.34. The van der Waals surface area contributed by atoms with Crippen molar-refractivity contribution in [2.75, 3.05) is 4.90 Å². The van der Waals surface area contributed by atoms with Gasteiger partial charge >= 0.3 is 0 Å². The van der Waals surface area contributed by atoms with Gasteiger partial charge in [-0.2, -0.15) is 0 Å². The summed E-state index contributed by atoms with van der Waals surface area (Å²) in [6.07, 6.45) is 3.34. The number of allylic oxidation sites excluding steroid dienone is 1. The molecule has 0 fully saturated rings. The van der Waals surface area contributed by atoms with Crippen molar-refractivity contribution in [3.63, 3.8) is 0 Å². The van der Waals surface area contributed by atoms with E-state index in [0.29, 0.717) is 0 Å². The summed E-state index contributed by atoms with van der Waals surface area (Å²) in [5.41, 5.74) is 2.34. The molecule has 18 heavy (non-hydrogen) atoms. The Hall–Kier alpha value is -2.03. The van der Waals surface area contributed by atoms with E-state index >= 15 is 0 Å². The number of benzene rings is 1. The lowest BCUT2D eigenvalue weighted by molar-refractivity contribution is -0.114. The Bertz CT molecular complexity index is 556. The molecule has 3 heteroatoms. The second-order valence-electron chi connectivity index (χ2n) is 5.06. The molecule has 0 aliphatic carbocycles. The Morgan fingerprint density at radius 3 is 2.72 bits per heavy atom. The fraction of sp³-hybridized carbons (Fsp3) is 0.267. The summed E-state index contributed by atoms with van der Waals surface area (Å²) < 4.78 is 0. The van der Waals surface area contributed by atoms with Crippen LogP contribution in [0, 0.1) is 0 Å². The molecule has 2 rings (SSSR count). The van der Waals surface area contributed by atoms with Crippen LogP contribution in [-0.4, -0.2) is 16.6 Å². The third-order valence-electron chi connectivity index (χ3n) is 3.19. The van der Waals surface area contributed by atoms with Gasteiger partial charge in [0, 0.05) is 5.56 Å². The summed E-state index contributed by atoms with van der Waals surface area (Å²) in [6.45, 7) is 9.49. The number of phenols is 1. The van der Waals surface area contributed by atoms with Crippen molar-refractivity contribution in [1.29, 1.82) is 0 Å². The molecule has 0 bridgehead atoms. The molecular formula is C15H17NO2. The number of hydrogen-bond acceptors (Lipinski definition) is 2. The molecule has 0 saturated carbocycles. The van der Waals surface area contributed by atoms with Gasteiger partial charge in [0.05, 0.1) is 11.2 Å². The molecule has 0 spiro atoms. The quantitative estimate of drug-likeness (QED) is 0.770. The molecule has 3 nitrogen and oxygen atoms in total. The van der Waals surface area contributed by atoms with Crippen molar-refractivity contribution in [3.05, 3.63) is 42.5 Å². The number of phenolic OH excluding ortho intramolecular Hbond substituents is 1. The molecule has 1 aliphatic rings. The molecule has 0 aromatic heterocycles. The standard InChI is InChI=1S/C15H17NO2/c1-5-14(18)16-13-7-6-11(17)8-12(13)10(2)9-15(16,3)4/h5-9,17H,1H2,2-4H3. The van der Waals surface area contributed by atoms with Crippen molar-refractivity contribution in [3.8, 4) is 5.75 Å². The van der Waals surface area contributed by atoms with Gasteiger partial charge in [-0.15, -0.1) is 0 Å². The molecule has 0 atom stereocenters. The normalized spacial score (nSPS) is 16.8. The Morgan fingerprint density at radius 2 is 2.11 bits per heavy atom. The van der Waals surface area contributed by atoms with E-state index in [2.05, 4.69) is 6.58 Å². The summed E-state index contributed by atoms with van der Waals surface area (Å²) in [7, 11) is 0. The number of carbonyl (C=O) groups excluding carboxylic acids is 1. The predicted octanol–water partition coefficient (Wildman–Crippen LogP) is 3.11. The fourth-order valence-corrected chi connectivity index (χ4v) is 2.51. The van der Waals surface area contributed by atoms with E-state index in [1.807, 2.05) is 26.8 Å². The molecule has 1 aliphatic heterocycles. The number of fused-ring (bicyclic) bond motifs is 1. The smallest absolute Gasteiger partial charge is 0.251 e. The van der Waals surface area contributed by atoms with Gasteiger partial charge in [-0.1, -0.05) is 12.7 Å². The minimum absolute atomic E-state index is 0.143. The maximum Gasteiger partial charge on any atom is 0.251 e. The van der Waals surface area contributed by atoms with Crippen LogP contribution in [0.4, 0.5) is 5.69 Å². The summed E-state index contributed by atoms with van der Waals surface area (Å²) in [5.74, 6) is 0.0582. The summed E-state index contributed by atoms with van der Waals surface area (Å²) >= 11 is 0. The van der Waals surface area contributed by atoms with Crippen LogP contribution in [0.3, 0.4) is 0 Å². The molecule has 94 valence electrons. The highest BCUT2D eigenvalue weighted by molar-refractivity contribution is 6.06. The SMILES string of the molecule is C=CC(=O)N1c2ccc(O)cc2C(C)=CC1(C)C. The number of aromatic hydroxyl groups is 1. The number of anilines is 1. The zero-order valence-corrected chi connectivity index (χ0v) is 10.9. The van der Waals surface area contributed by atoms with E-state index < -0.39 is 5.54 Å². The number of hydrogen-bond donors (Lipinski definition) is 1. The lowest BCUT2D eigenvalue weighted by atomic mass is 9.88. The number of rotatable bonds is 1. The van der Waals surface area contributed by atoms with Crippen LogP contribution in [0.1, 0.15) is 26.3 Å². The topological polar surface area (TPSA) is 40.5 Å². The summed E-state index contributed by atoms with van der Waals surface area (Å²) in [5, 5.41) is 9.57. The lowest BCUT2D eigenvalue weighted by Crippen LogP contribution is -2.48. The Labute approximate surface area is 107 Å². The first-order valence-electron chi connectivity index (χ1n) is 5.86. The van der Waals surface area contributed by atoms with E-state index in [4.69, 9.17) is 0 Å². The van der Waals surface area contributed by atoms with E-state index in [1.165, 1.54) is 6.08 Å². The van der Waals surface area contributed by atoms with Gasteiger partial charge in [0.2, 0.25) is 0 Å². The molecule has 1 amide bonds. The molecular weight excluding hydrogens is 226 g/mol. The third kappa shape index (κ3) is 1.82. The van der Waals surface area contributed by atoms with Gasteiger partial charge in [0.25, 0.3) is 5.91 Å². The minimum atomic E-state index is -0.403. The molecule has 0 radical (unpaired) electrons. The Balaban J connectivity index is 2.69. The predicted molar refractivity (Wildman–Crippen MR) is 73.5 cm³/mol. The monoisotopic (exact) mass is 243 g/mol. The van der Waals surface area contributed by atoms with E-state index in [-0.39, 0.29) is 11.7 Å². The van der Waals surface area contributed by atoms with Gasteiger partial charge in [-0.3, -0.25) is 9.69 Å². The first-order chi connectivity index (χ1) is 8.36. The van der Waals surface area contributed by atoms with Gasteiger partial charge in [-0.05, 0) is 50.6 Å². The van der Waals surface area contributed by atoms with Crippen LogP contribution in [0.15, 0.2) is 36.9 Å². The van der Waals surface area contributed by atoms with Gasteiger partial charge < -0.3 is 5.11 Å². The van der Waals surface area contributed by atoms with Gasteiger partial charge in [0.1, 0.15) is 5.75 Å². The third-order valence-corrected chi connectivity index (χ3v) is 3.19. The Kier molecular flexibility index (Phi) is 2.77. The zero-order valence-electron chi connectivity index (χ0n) is 10.9. The second kappa shape index (κ2) is 4.02. The highest BCUT2D eigenvalue weighted by Crippen LogP contribution is 2.40. The molecule has 0 saturated heterocycles. The maximum atomic E-state index is 12.1. The van der Waals surface area contributed by atoms with E-state index in [0.717, 1.165) is 16.8 Å². The largest absolute Gasteiger partial charge is 0.508 e. The average molecular weight is 243 g/mol. The van der Waals surface area contributed by atoms with Crippen LogP contribution in [-0.2, 0) is 4.79 Å². The zero-order chi connectivity index (χ0) is 13.5. The van der Waals surface area contributed by atoms with Gasteiger partial charge in [0.15, 0.2) is 0 Å². The minimum Gasteiger partial charge on any atom is -0.508 e. The summed E-state index contributed by atoms with van der Waals surface area (Å²) in [6, 6.07) is 5.04. The lowest BCUT2D eigenvalue weighted by Gasteiger charge is -2.41. The fourth-order valence-electron chi connectivity index (χ4n) is 2.51. The van der Waals surface area contributed by atoms with Crippen molar-refractivity contribution >= 4 is 17.2 Å². The second-order valence-corrected chi connectivity index (χ2v) is 5.06. The summed E-state index contributed by atoms with van der Waals surface area (Å²) in [4.78, 5) is 13.7. The van der Waals surface area contributed by atoms with E-state index in [1.54, 1.807) is 23.1 Å². The van der Waals surface area contributed by atoms with Crippen molar-refractivity contribution < 1.29 is 9.90 Å². The van der Waals surface area contributed by atoms with Crippen LogP contribution < -0.4 is 4.90 Å².